The number of amides is 6. The van der Waals surface area contributed by atoms with Crippen LogP contribution in [-0.4, -0.2) is 604 Å². The number of carbonyl (C=O) groups is 7. The summed E-state index contributed by atoms with van der Waals surface area (Å²) < 4.78 is 128. The van der Waals surface area contributed by atoms with E-state index in [0.717, 1.165) is 41.5 Å². The zero-order valence-electron chi connectivity index (χ0n) is 78.4. The van der Waals surface area contributed by atoms with E-state index in [1.54, 1.807) is 0 Å². The van der Waals surface area contributed by atoms with Crippen molar-refractivity contribution in [2.24, 2.45) is 0 Å². The largest absolute Gasteiger partial charge is 0.477 e. The number of hydrogen-bond donors (Lipinski definition) is 36. The average Bonchev–Trinajstić information content (AvgIpc) is 0.749. The van der Waals surface area contributed by atoms with Crippen molar-refractivity contribution >= 4 is 41.4 Å². The lowest BCUT2D eigenvalue weighted by Gasteiger charge is -2.52. The molecule has 0 aromatic heterocycles. The van der Waals surface area contributed by atoms with Gasteiger partial charge in [0.2, 0.25) is 35.4 Å². The molecule has 64 nitrogen and oxygen atoms in total. The molecule has 11 heterocycles. The second-order valence-electron chi connectivity index (χ2n) is 36.7. The summed E-state index contributed by atoms with van der Waals surface area (Å²) in [5.74, 6) is -11.6. The van der Waals surface area contributed by atoms with Gasteiger partial charge in [-0.2, -0.15) is 0 Å². The Bertz CT molecular complexity index is 4150. The summed E-state index contributed by atoms with van der Waals surface area (Å²) in [4.78, 5) is 91.5. The molecule has 36 N–H and O–H groups in total. The number of carboxylic acids is 1. The molecule has 0 saturated carbocycles. The number of rotatable bonds is 39. The molecule has 0 aromatic carbocycles. The van der Waals surface area contributed by atoms with Gasteiger partial charge in [0.25, 0.3) is 5.79 Å². The highest BCUT2D eigenvalue weighted by Gasteiger charge is 2.65. The fourth-order valence-electron chi connectivity index (χ4n) is 18.8. The van der Waals surface area contributed by atoms with Crippen LogP contribution in [0.3, 0.4) is 0 Å². The van der Waals surface area contributed by atoms with E-state index in [1.807, 2.05) is 0 Å². The maximum absolute atomic E-state index is 13.6. The predicted molar refractivity (Wildman–Crippen MR) is 448 cm³/mol. The number of ether oxygens (including phenoxy) is 21. The van der Waals surface area contributed by atoms with Crippen LogP contribution in [-0.2, 0) is 133 Å². The van der Waals surface area contributed by atoms with Crippen molar-refractivity contribution in [2.45, 2.75) is 398 Å². The Kier molecular flexibility index (Phi) is 42.7. The van der Waals surface area contributed by atoms with Crippen molar-refractivity contribution in [2.75, 3.05) is 66.1 Å². The van der Waals surface area contributed by atoms with Crippen LogP contribution in [0.2, 0.25) is 0 Å². The Morgan fingerprint density at radius 3 is 1.04 bits per heavy atom. The van der Waals surface area contributed by atoms with Crippen molar-refractivity contribution in [3.8, 4) is 0 Å². The maximum Gasteiger partial charge on any atom is 0.364 e. The highest BCUT2D eigenvalue weighted by molar-refractivity contribution is 5.77. The summed E-state index contributed by atoms with van der Waals surface area (Å²) in [5, 5.41) is 356. The summed E-state index contributed by atoms with van der Waals surface area (Å²) in [6.07, 6.45) is -112. The van der Waals surface area contributed by atoms with Gasteiger partial charge in [-0.1, -0.05) is 0 Å². The molecule has 11 fully saturated rings. The summed E-state index contributed by atoms with van der Waals surface area (Å²) in [7, 11) is 0. The van der Waals surface area contributed by atoms with Gasteiger partial charge in [0.15, 0.2) is 62.9 Å². The summed E-state index contributed by atoms with van der Waals surface area (Å²) in [6, 6.07) is -12.0. The zero-order valence-corrected chi connectivity index (χ0v) is 78.4. The number of carbonyl (C=O) groups excluding carboxylic acids is 6. The summed E-state index contributed by atoms with van der Waals surface area (Å²) in [6.45, 7) is -5.81. The molecular formula is C81H134N6O58. The fourth-order valence-corrected chi connectivity index (χ4v) is 18.8. The van der Waals surface area contributed by atoms with Crippen molar-refractivity contribution < 1.29 is 286 Å². The number of aliphatic carboxylic acids is 1. The van der Waals surface area contributed by atoms with Gasteiger partial charge in [-0.3, -0.25) is 28.8 Å². The van der Waals surface area contributed by atoms with E-state index in [1.165, 1.54) is 6.92 Å². The molecule has 0 spiro atoms. The number of nitrogens with one attached hydrogen (secondary N) is 6. The third kappa shape index (κ3) is 26.9. The molecule has 64 heteroatoms. The number of aliphatic hydroxyl groups is 29. The van der Waals surface area contributed by atoms with Crippen molar-refractivity contribution in [3.63, 3.8) is 0 Å². The van der Waals surface area contributed by atoms with Gasteiger partial charge in [-0.15, -0.1) is 0 Å². The molecule has 145 heavy (non-hydrogen) atoms. The monoisotopic (exact) mass is 2120 g/mol. The molecule has 0 aliphatic carbocycles. The minimum atomic E-state index is -3.37. The highest BCUT2D eigenvalue weighted by Crippen LogP contribution is 2.44. The fraction of sp³-hybridized carbons (Fsp3) is 0.914. The quantitative estimate of drug-likeness (QED) is 0.0272. The van der Waals surface area contributed by atoms with Crippen LogP contribution in [0.1, 0.15) is 54.9 Å². The Hall–Kier alpha value is -5.71. The van der Waals surface area contributed by atoms with E-state index in [-0.39, 0.29) is 0 Å². The summed E-state index contributed by atoms with van der Waals surface area (Å²) >= 11 is 0. The Labute approximate surface area is 821 Å². The van der Waals surface area contributed by atoms with Gasteiger partial charge in [-0.05, 0) is 6.92 Å². The highest BCUT2D eigenvalue weighted by atomic mass is 16.8. The van der Waals surface area contributed by atoms with E-state index in [4.69, 9.17) is 99.5 Å². The third-order valence-electron chi connectivity index (χ3n) is 26.3. The standard InChI is InChI=1S/C81H134N6O58/c1-19-43(104)55(116)58(119)75(127-19)125-17-35-63(52(113)38(70(122)128-35)83-21(3)97)137-73-41(86-24(6)100)53(114)62(33(15-94)134-73)139-77-60(121)67(64(140-71-39(84-22(4)98)50(111)45(106)28(10-89)129-71)36(136-77)18-126-78-68(56(117)47(108)30(12-91)132-78)142-72-40(85-23(5)99)51(112)46(107)29(11-90)130-72)141-79-69(57(118)48(109)31(13-92)133-79)143-74-42(87-25(7)101)54(115)61(34(16-95)135-74)138-76-59(120)66(49(110)32(14-93)131-76)145-81(80(123)124)8-26(102)37(82-20(2)96)65(144-81)44(105)27(103)9-88/h19,26-79,88-95,102-122H,8-18H2,1-7H3,(H,82,96)(H,83,97)(H,84,98)(H,85,99)(H,86,100)(H,87,101)(H,123,124)/t19-,26+,27-,28-,29-,30-,31-,32-,33-,34-,35-,36-,37-,38-,39-,40-,41-,42-,43+,44-,45-,46-,47-,48-,49+,50-,51-,52-,53-,54-,55+,56+,57+,58-,59-,60+,61-,62-,63-,64-,65-,66+,67-,68+,69+,70-,71+,72+,73+,74+,75+,76+,77+,78+,79-,81+/m1/s1. The van der Waals surface area contributed by atoms with Gasteiger partial charge in [-0.25, -0.2) is 4.79 Å². The molecule has 11 rings (SSSR count). The predicted octanol–water partition coefficient (Wildman–Crippen LogP) is -23.9. The maximum atomic E-state index is 13.6. The smallest absolute Gasteiger partial charge is 0.364 e. The second kappa shape index (κ2) is 51.8. The van der Waals surface area contributed by atoms with Gasteiger partial charge in [0, 0.05) is 48.0 Å². The lowest BCUT2D eigenvalue weighted by atomic mass is 9.88. The lowest BCUT2D eigenvalue weighted by Crippen LogP contribution is -2.72. The first-order valence-corrected chi connectivity index (χ1v) is 46.1. The van der Waals surface area contributed by atoms with E-state index in [0.29, 0.717) is 0 Å². The van der Waals surface area contributed by atoms with Crippen molar-refractivity contribution in [1.82, 2.24) is 31.9 Å². The van der Waals surface area contributed by atoms with E-state index >= 15 is 0 Å². The van der Waals surface area contributed by atoms with Gasteiger partial charge in [0.1, 0.15) is 256 Å². The Morgan fingerprint density at radius 1 is 0.297 bits per heavy atom. The lowest BCUT2D eigenvalue weighted by molar-refractivity contribution is -0.409. The summed E-state index contributed by atoms with van der Waals surface area (Å²) in [5.41, 5.74) is 0. The Morgan fingerprint density at radius 2 is 0.614 bits per heavy atom. The van der Waals surface area contributed by atoms with Crippen LogP contribution in [0.15, 0.2) is 0 Å². The molecule has 836 valence electrons. The molecule has 11 aliphatic heterocycles. The van der Waals surface area contributed by atoms with Gasteiger partial charge < -0.3 is 285 Å². The average molecular weight is 2120 g/mol. The number of hydrogen-bond acceptors (Lipinski definition) is 57. The minimum absolute atomic E-state index is 0.820. The molecule has 0 radical (unpaired) electrons. The third-order valence-corrected chi connectivity index (χ3v) is 26.3. The molecule has 0 bridgehead atoms. The second-order valence-corrected chi connectivity index (χ2v) is 36.7. The molecule has 11 saturated heterocycles. The van der Waals surface area contributed by atoms with Crippen LogP contribution >= 0.6 is 0 Å². The van der Waals surface area contributed by atoms with E-state index in [9.17, 15) is 187 Å². The number of carboxylic acid groups (broad SMARTS) is 1. The van der Waals surface area contributed by atoms with E-state index < -0.39 is 457 Å². The molecule has 0 aromatic rings. The topological polar surface area (TPSA) is 992 Å². The first-order valence-electron chi connectivity index (χ1n) is 46.1. The molecule has 6 amide bonds. The zero-order chi connectivity index (χ0) is 107. The van der Waals surface area contributed by atoms with E-state index in [2.05, 4.69) is 31.9 Å². The van der Waals surface area contributed by atoms with Crippen LogP contribution < -0.4 is 31.9 Å². The first kappa shape index (κ1) is 120. The molecular weight excluding hydrogens is 1980 g/mol. The Balaban J connectivity index is 1.00. The van der Waals surface area contributed by atoms with Crippen LogP contribution in [0.4, 0.5) is 0 Å². The van der Waals surface area contributed by atoms with Crippen LogP contribution in [0, 0.1) is 0 Å². The van der Waals surface area contributed by atoms with Crippen molar-refractivity contribution in [3.05, 3.63) is 0 Å². The van der Waals surface area contributed by atoms with Gasteiger partial charge in [0.05, 0.1) is 84.3 Å². The normalized spacial score (nSPS) is 47.2. The minimum Gasteiger partial charge on any atom is -0.477 e. The molecule has 56 atom stereocenters. The molecule has 0 unspecified atom stereocenters. The SMILES string of the molecule is CC(=O)N[C@@H]1[C@@H](O)[C@H](O[C@@H]2O[C@H](CO)[C@@H](O[C@@H]3O[C@H](CO[C@H]4O[C@H](CO)[C@@H](O)[C@H](O)[C@@H]4O[C@@H]4O[C@H](CO)[C@@H](O)[C@H](O)[C@H]4NC(C)=O)[C@@H](O[C@@H]4O[C@H](CO)[C@@H](O)[C@H](O)[C@H]4NC(C)=O)[C@H](O[C@H]4O[C@H](CO)[C@@H](O)[C@H](O)[C@@H]4O[C@@H]4O[C@H](CO)[C@@H](O[C@@H]5O[C@H](CO)[C@H](O)[C@H](O[C@]6(C(=O)O)C[C@H](O)[C@@H](NC(C)=O)[C@H]([C@H](O)[C@H](O)CO)O6)[C@H]5O)[C@H](O)[C@H]4NC(C)=O)[C@@H]3O)[C@H](O)[C@H]2NC(C)=O)[C@@H](CO[C@H]2O[C@H](C)[C@H](O)[C@H](O)[C@H]2O)O[C@H]1O. The van der Waals surface area contributed by atoms with Crippen LogP contribution in [0.5, 0.6) is 0 Å². The number of aliphatic hydroxyl groups excluding tert-OH is 29. The van der Waals surface area contributed by atoms with Crippen molar-refractivity contribution in [1.29, 1.82) is 0 Å². The van der Waals surface area contributed by atoms with Crippen LogP contribution in [0.25, 0.3) is 0 Å². The molecule has 11 aliphatic rings. The van der Waals surface area contributed by atoms with Gasteiger partial charge >= 0.3 is 5.97 Å². The first-order chi connectivity index (χ1) is 68.4.